The normalized spacial score (nSPS) is 15.5. The van der Waals surface area contributed by atoms with Crippen LogP contribution in [0.25, 0.3) is 0 Å². The Morgan fingerprint density at radius 2 is 1.64 bits per heavy atom. The molecular formula is C21H26N2O4S. The van der Waals surface area contributed by atoms with E-state index in [1.165, 1.54) is 23.9 Å². The lowest BCUT2D eigenvalue weighted by atomic mass is 10.1. The summed E-state index contributed by atoms with van der Waals surface area (Å²) in [5.41, 5.74) is 4.72. The van der Waals surface area contributed by atoms with E-state index in [4.69, 9.17) is 0 Å². The number of anilines is 1. The number of hydrogen-bond donors (Lipinski definition) is 0. The van der Waals surface area contributed by atoms with Gasteiger partial charge in [0.1, 0.15) is 0 Å². The molecule has 1 aliphatic heterocycles. The van der Waals surface area contributed by atoms with Crippen molar-refractivity contribution < 1.29 is 17.9 Å². The number of ether oxygens (including phenoxy) is 1. The maximum absolute atomic E-state index is 12.8. The summed E-state index contributed by atoms with van der Waals surface area (Å²) in [6.45, 7) is 6.47. The van der Waals surface area contributed by atoms with E-state index >= 15 is 0 Å². The van der Waals surface area contributed by atoms with E-state index in [1.54, 1.807) is 28.6 Å². The first-order valence-corrected chi connectivity index (χ1v) is 10.9. The first kappa shape index (κ1) is 20.4. The number of esters is 1. The minimum atomic E-state index is -3.41. The Balaban J connectivity index is 1.64. The first-order chi connectivity index (χ1) is 13.3. The third-order valence-corrected chi connectivity index (χ3v) is 7.12. The van der Waals surface area contributed by atoms with E-state index in [2.05, 4.69) is 35.6 Å². The molecule has 2 aromatic carbocycles. The highest BCUT2D eigenvalue weighted by Crippen LogP contribution is 2.25. The molecule has 0 amide bonds. The van der Waals surface area contributed by atoms with E-state index in [0.717, 1.165) is 0 Å². The molecule has 0 aliphatic carbocycles. The quantitative estimate of drug-likeness (QED) is 0.720. The van der Waals surface area contributed by atoms with E-state index in [-0.39, 0.29) is 5.75 Å². The molecule has 150 valence electrons. The van der Waals surface area contributed by atoms with Crippen molar-refractivity contribution in [3.63, 3.8) is 0 Å². The zero-order chi connectivity index (χ0) is 20.3. The fraction of sp³-hybridized carbons (Fsp3) is 0.381. The molecule has 0 spiro atoms. The van der Waals surface area contributed by atoms with Gasteiger partial charge in [-0.3, -0.25) is 0 Å². The molecule has 28 heavy (non-hydrogen) atoms. The molecule has 0 atom stereocenters. The Kier molecular flexibility index (Phi) is 6.05. The number of hydrogen-bond acceptors (Lipinski definition) is 5. The summed E-state index contributed by atoms with van der Waals surface area (Å²) in [5.74, 6) is -0.505. The van der Waals surface area contributed by atoms with Gasteiger partial charge in [0.15, 0.2) is 0 Å². The monoisotopic (exact) mass is 402 g/mol. The number of nitrogens with zero attached hydrogens (tertiary/aromatic N) is 2. The summed E-state index contributed by atoms with van der Waals surface area (Å²) in [4.78, 5) is 13.7. The molecule has 1 saturated heterocycles. The molecule has 0 bridgehead atoms. The van der Waals surface area contributed by atoms with Crippen LogP contribution in [-0.4, -0.2) is 52.0 Å². The zero-order valence-electron chi connectivity index (χ0n) is 16.5. The molecule has 0 N–H and O–H groups in total. The maximum Gasteiger partial charge on any atom is 0.337 e. The topological polar surface area (TPSA) is 66.9 Å². The molecule has 1 heterocycles. The van der Waals surface area contributed by atoms with E-state index in [9.17, 15) is 13.2 Å². The lowest BCUT2D eigenvalue weighted by molar-refractivity contribution is 0.0600. The molecular weight excluding hydrogens is 376 g/mol. The second kappa shape index (κ2) is 8.32. The number of benzene rings is 2. The van der Waals surface area contributed by atoms with Crippen LogP contribution >= 0.6 is 0 Å². The second-order valence-electron chi connectivity index (χ2n) is 7.05. The number of methoxy groups -OCH3 is 1. The van der Waals surface area contributed by atoms with Crippen LogP contribution in [0.4, 0.5) is 5.69 Å². The van der Waals surface area contributed by atoms with Crippen molar-refractivity contribution in [2.45, 2.75) is 19.6 Å². The molecule has 0 aromatic heterocycles. The van der Waals surface area contributed by atoms with Gasteiger partial charge in [0.05, 0.1) is 18.4 Å². The standard InChI is InChI=1S/C21H26N2O4S/c1-16-5-4-6-20(17(16)2)22-11-13-23(14-12-22)28(25,26)15-18-7-9-19(10-8-18)21(24)27-3/h4-10H,11-15H2,1-3H3. The van der Waals surface area contributed by atoms with Gasteiger partial charge < -0.3 is 9.64 Å². The van der Waals surface area contributed by atoms with Crippen LogP contribution in [0.2, 0.25) is 0 Å². The largest absolute Gasteiger partial charge is 0.465 e. The first-order valence-electron chi connectivity index (χ1n) is 9.28. The fourth-order valence-corrected chi connectivity index (χ4v) is 4.96. The highest BCUT2D eigenvalue weighted by molar-refractivity contribution is 7.88. The maximum atomic E-state index is 12.8. The Labute approximate surface area is 166 Å². The summed E-state index contributed by atoms with van der Waals surface area (Å²) in [5, 5.41) is 0. The van der Waals surface area contributed by atoms with Gasteiger partial charge in [0.25, 0.3) is 0 Å². The zero-order valence-corrected chi connectivity index (χ0v) is 17.3. The second-order valence-corrected chi connectivity index (χ2v) is 9.02. The SMILES string of the molecule is COC(=O)c1ccc(CS(=O)(=O)N2CCN(c3cccc(C)c3C)CC2)cc1. The summed E-state index contributed by atoms with van der Waals surface area (Å²) >= 11 is 0. The van der Waals surface area contributed by atoms with Gasteiger partial charge in [-0.15, -0.1) is 0 Å². The highest BCUT2D eigenvalue weighted by Gasteiger charge is 2.27. The lowest BCUT2D eigenvalue weighted by Crippen LogP contribution is -2.49. The van der Waals surface area contributed by atoms with Gasteiger partial charge in [-0.2, -0.15) is 4.31 Å². The van der Waals surface area contributed by atoms with Crippen LogP contribution in [0.1, 0.15) is 27.0 Å². The number of piperazine rings is 1. The molecule has 0 saturated carbocycles. The predicted octanol–water partition coefficient (Wildman–Crippen LogP) is 2.74. The number of aryl methyl sites for hydroxylation is 1. The molecule has 6 nitrogen and oxygen atoms in total. The molecule has 0 unspecified atom stereocenters. The van der Waals surface area contributed by atoms with Gasteiger partial charge in [0, 0.05) is 31.9 Å². The average molecular weight is 403 g/mol. The molecule has 1 aliphatic rings. The number of sulfonamides is 1. The van der Waals surface area contributed by atoms with Crippen molar-refractivity contribution in [1.82, 2.24) is 4.31 Å². The molecule has 0 radical (unpaired) electrons. The number of rotatable bonds is 5. The van der Waals surface area contributed by atoms with E-state index in [1.807, 2.05) is 6.07 Å². The van der Waals surface area contributed by atoms with Crippen LogP contribution in [0.15, 0.2) is 42.5 Å². The van der Waals surface area contributed by atoms with Crippen molar-refractivity contribution >= 4 is 21.7 Å². The van der Waals surface area contributed by atoms with Gasteiger partial charge in [0.2, 0.25) is 10.0 Å². The Morgan fingerprint density at radius 3 is 2.25 bits per heavy atom. The van der Waals surface area contributed by atoms with Crippen LogP contribution < -0.4 is 4.90 Å². The van der Waals surface area contributed by atoms with Crippen LogP contribution in [0.5, 0.6) is 0 Å². The third-order valence-electron chi connectivity index (χ3n) is 5.27. The van der Waals surface area contributed by atoms with E-state index in [0.29, 0.717) is 37.3 Å². The van der Waals surface area contributed by atoms with Crippen LogP contribution in [-0.2, 0) is 20.5 Å². The number of carbonyl (C=O) groups excluding carboxylic acids is 1. The summed E-state index contributed by atoms with van der Waals surface area (Å²) in [7, 11) is -2.09. The summed E-state index contributed by atoms with van der Waals surface area (Å²) < 4.78 is 31.8. The molecule has 3 rings (SSSR count). The summed E-state index contributed by atoms with van der Waals surface area (Å²) in [6, 6.07) is 12.7. The predicted molar refractivity (Wildman–Crippen MR) is 110 cm³/mol. The van der Waals surface area contributed by atoms with Crippen molar-refractivity contribution in [1.29, 1.82) is 0 Å². The summed E-state index contributed by atoms with van der Waals surface area (Å²) in [6.07, 6.45) is 0. The number of carbonyl (C=O) groups is 1. The smallest absolute Gasteiger partial charge is 0.337 e. The Morgan fingerprint density at radius 1 is 1.00 bits per heavy atom. The molecule has 1 fully saturated rings. The van der Waals surface area contributed by atoms with Crippen LogP contribution in [0.3, 0.4) is 0 Å². The highest BCUT2D eigenvalue weighted by atomic mass is 32.2. The van der Waals surface area contributed by atoms with Crippen molar-refractivity contribution in [3.05, 3.63) is 64.7 Å². The average Bonchev–Trinajstić information content (AvgIpc) is 2.70. The van der Waals surface area contributed by atoms with E-state index < -0.39 is 16.0 Å². The Hall–Kier alpha value is -2.38. The van der Waals surface area contributed by atoms with Gasteiger partial charge in [-0.05, 0) is 48.7 Å². The molecule has 7 heteroatoms. The minimum absolute atomic E-state index is 0.0715. The lowest BCUT2D eigenvalue weighted by Gasteiger charge is -2.36. The van der Waals surface area contributed by atoms with Crippen molar-refractivity contribution in [3.8, 4) is 0 Å². The van der Waals surface area contributed by atoms with Gasteiger partial charge in [-0.25, -0.2) is 13.2 Å². The Bertz CT molecular complexity index is 947. The van der Waals surface area contributed by atoms with Gasteiger partial charge in [-0.1, -0.05) is 24.3 Å². The van der Waals surface area contributed by atoms with Crippen molar-refractivity contribution in [2.24, 2.45) is 0 Å². The third kappa shape index (κ3) is 4.36. The van der Waals surface area contributed by atoms with Crippen molar-refractivity contribution in [2.75, 3.05) is 38.2 Å². The minimum Gasteiger partial charge on any atom is -0.465 e. The fourth-order valence-electron chi connectivity index (χ4n) is 3.44. The van der Waals surface area contributed by atoms with Gasteiger partial charge >= 0.3 is 5.97 Å². The molecule has 2 aromatic rings. The van der Waals surface area contributed by atoms with Crippen LogP contribution in [0, 0.1) is 13.8 Å².